The molecule has 2 aromatic carbocycles. The molecule has 1 N–H and O–H groups in total. The summed E-state index contributed by atoms with van der Waals surface area (Å²) in [4.78, 5) is 0. The second-order valence-corrected chi connectivity index (χ2v) is 7.58. The minimum absolute atomic E-state index is 0.0355. The van der Waals surface area contributed by atoms with Crippen LogP contribution in [-0.2, 0) is 6.18 Å². The summed E-state index contributed by atoms with van der Waals surface area (Å²) in [6.45, 7) is 0. The van der Waals surface area contributed by atoms with Crippen molar-refractivity contribution in [1.29, 1.82) is 0 Å². The number of hydrogen-bond donors (Lipinski definition) is 1. The molecule has 0 fully saturated rings. The van der Waals surface area contributed by atoms with Gasteiger partial charge in [-0.25, -0.2) is 0 Å². The van der Waals surface area contributed by atoms with Gasteiger partial charge in [0.1, 0.15) is 5.75 Å². The second-order valence-electron chi connectivity index (χ2n) is 6.66. The zero-order chi connectivity index (χ0) is 18.5. The zero-order valence-electron chi connectivity index (χ0n) is 14.0. The van der Waals surface area contributed by atoms with Crippen molar-refractivity contribution < 1.29 is 17.9 Å². The van der Waals surface area contributed by atoms with Crippen LogP contribution in [0.25, 0.3) is 0 Å². The lowest BCUT2D eigenvalue weighted by molar-refractivity contribution is -0.137. The van der Waals surface area contributed by atoms with Crippen LogP contribution in [-0.4, -0.2) is 7.11 Å². The average Bonchev–Trinajstić information content (AvgIpc) is 3.09. The fraction of sp³-hybridized carbons (Fsp3) is 0.300. The number of rotatable bonds is 2. The van der Waals surface area contributed by atoms with Crippen LogP contribution in [0.15, 0.2) is 53.0 Å². The lowest BCUT2D eigenvalue weighted by Gasteiger charge is -2.38. The first-order valence-electron chi connectivity index (χ1n) is 8.36. The first-order valence-corrected chi connectivity index (χ1v) is 9.15. The SMILES string of the molecule is COc1ccc(Br)cc1[C@H]1Nc2ccc(C(F)(F)F)cc2C2C=CCC21. The number of hydrogen-bond acceptors (Lipinski definition) is 2. The minimum atomic E-state index is -4.34. The number of methoxy groups -OCH3 is 1. The highest BCUT2D eigenvalue weighted by molar-refractivity contribution is 9.10. The Morgan fingerprint density at radius 1 is 1.12 bits per heavy atom. The van der Waals surface area contributed by atoms with Crippen LogP contribution >= 0.6 is 15.9 Å². The summed E-state index contributed by atoms with van der Waals surface area (Å²) in [5.41, 5.74) is 1.86. The fourth-order valence-electron chi connectivity index (χ4n) is 4.03. The van der Waals surface area contributed by atoms with E-state index in [9.17, 15) is 13.2 Å². The molecule has 1 aliphatic heterocycles. The lowest BCUT2D eigenvalue weighted by atomic mass is 9.76. The molecular weight excluding hydrogens is 407 g/mol. The van der Waals surface area contributed by atoms with Crippen molar-refractivity contribution in [2.75, 3.05) is 12.4 Å². The van der Waals surface area contributed by atoms with E-state index in [1.807, 2.05) is 24.3 Å². The first-order chi connectivity index (χ1) is 12.4. The van der Waals surface area contributed by atoms with Crippen LogP contribution in [0.4, 0.5) is 18.9 Å². The molecule has 1 aliphatic carbocycles. The van der Waals surface area contributed by atoms with Crippen molar-refractivity contribution in [2.45, 2.75) is 24.6 Å². The zero-order valence-corrected chi connectivity index (χ0v) is 15.6. The van der Waals surface area contributed by atoms with Gasteiger partial charge in [0, 0.05) is 21.6 Å². The third kappa shape index (κ3) is 2.90. The summed E-state index contributed by atoms with van der Waals surface area (Å²) in [5.74, 6) is 0.878. The third-order valence-electron chi connectivity index (χ3n) is 5.22. The van der Waals surface area contributed by atoms with Gasteiger partial charge in [-0.1, -0.05) is 28.1 Å². The fourth-order valence-corrected chi connectivity index (χ4v) is 4.41. The highest BCUT2D eigenvalue weighted by atomic mass is 79.9. The van der Waals surface area contributed by atoms with E-state index in [0.29, 0.717) is 5.56 Å². The van der Waals surface area contributed by atoms with E-state index in [4.69, 9.17) is 4.74 Å². The number of allylic oxidation sites excluding steroid dienone is 2. The van der Waals surface area contributed by atoms with Crippen LogP contribution in [0.5, 0.6) is 5.75 Å². The first kappa shape index (κ1) is 17.5. The molecule has 0 aromatic heterocycles. The van der Waals surface area contributed by atoms with Gasteiger partial charge in [-0.2, -0.15) is 13.2 Å². The summed E-state index contributed by atoms with van der Waals surface area (Å²) >= 11 is 3.50. The number of nitrogens with one attached hydrogen (secondary N) is 1. The summed E-state index contributed by atoms with van der Waals surface area (Å²) in [5, 5.41) is 3.46. The summed E-state index contributed by atoms with van der Waals surface area (Å²) in [6.07, 6.45) is 0.566. The van der Waals surface area contributed by atoms with Crippen LogP contribution in [0, 0.1) is 5.92 Å². The standard InChI is InChI=1S/C20H17BrF3NO/c1-26-18-8-6-12(21)10-16(18)19-14-4-2-3-13(14)15-9-11(20(22,23)24)5-7-17(15)25-19/h2-3,5-10,13-14,19,25H,4H2,1H3/t13?,14?,19-/m0/s1. The second kappa shape index (κ2) is 6.34. The molecule has 2 unspecified atom stereocenters. The van der Waals surface area contributed by atoms with E-state index in [1.165, 1.54) is 12.1 Å². The molecule has 2 aromatic rings. The van der Waals surface area contributed by atoms with Crippen LogP contribution < -0.4 is 10.1 Å². The molecule has 0 spiro atoms. The molecule has 2 aliphatic rings. The van der Waals surface area contributed by atoms with E-state index in [-0.39, 0.29) is 17.9 Å². The summed E-state index contributed by atoms with van der Waals surface area (Å²) in [7, 11) is 1.63. The highest BCUT2D eigenvalue weighted by Crippen LogP contribution is 2.52. The van der Waals surface area contributed by atoms with Crippen LogP contribution in [0.2, 0.25) is 0 Å². The summed E-state index contributed by atoms with van der Waals surface area (Å²) < 4.78 is 45.8. The summed E-state index contributed by atoms with van der Waals surface area (Å²) in [6, 6.07) is 9.76. The van der Waals surface area contributed by atoms with Gasteiger partial charge in [0.25, 0.3) is 0 Å². The molecule has 0 amide bonds. The molecule has 6 heteroatoms. The van der Waals surface area contributed by atoms with Gasteiger partial charge < -0.3 is 10.1 Å². The van der Waals surface area contributed by atoms with Gasteiger partial charge in [-0.3, -0.25) is 0 Å². The molecular formula is C20H17BrF3NO. The van der Waals surface area contributed by atoms with Crippen molar-refractivity contribution in [3.8, 4) is 5.75 Å². The van der Waals surface area contributed by atoms with E-state index in [0.717, 1.165) is 34.0 Å². The Morgan fingerprint density at radius 3 is 2.65 bits per heavy atom. The van der Waals surface area contributed by atoms with E-state index < -0.39 is 11.7 Å². The smallest absolute Gasteiger partial charge is 0.416 e. The maximum Gasteiger partial charge on any atom is 0.416 e. The Bertz CT molecular complexity index is 878. The molecule has 4 rings (SSSR count). The van der Waals surface area contributed by atoms with Crippen molar-refractivity contribution in [1.82, 2.24) is 0 Å². The Kier molecular flexibility index (Phi) is 4.26. The molecule has 0 bridgehead atoms. The van der Waals surface area contributed by atoms with Gasteiger partial charge in [0.15, 0.2) is 0 Å². The highest BCUT2D eigenvalue weighted by Gasteiger charge is 2.40. The predicted molar refractivity (Wildman–Crippen MR) is 98.5 cm³/mol. The topological polar surface area (TPSA) is 21.3 Å². The van der Waals surface area contributed by atoms with Gasteiger partial charge in [0.2, 0.25) is 0 Å². The molecule has 0 saturated heterocycles. The molecule has 0 radical (unpaired) electrons. The number of benzene rings is 2. The van der Waals surface area contributed by atoms with Crippen molar-refractivity contribution >= 4 is 21.6 Å². The minimum Gasteiger partial charge on any atom is -0.496 e. The predicted octanol–water partition coefficient (Wildman–Crippen LogP) is 6.30. The van der Waals surface area contributed by atoms with Crippen molar-refractivity contribution in [3.63, 3.8) is 0 Å². The quantitative estimate of drug-likeness (QED) is 0.571. The maximum absolute atomic E-state index is 13.1. The molecule has 2 nitrogen and oxygen atoms in total. The third-order valence-corrected chi connectivity index (χ3v) is 5.71. The van der Waals surface area contributed by atoms with Gasteiger partial charge in [0.05, 0.1) is 18.7 Å². The number of ether oxygens (including phenoxy) is 1. The molecule has 0 saturated carbocycles. The van der Waals surface area contributed by atoms with E-state index in [1.54, 1.807) is 7.11 Å². The Morgan fingerprint density at radius 2 is 1.92 bits per heavy atom. The Labute approximate surface area is 158 Å². The lowest BCUT2D eigenvalue weighted by Crippen LogP contribution is -2.29. The van der Waals surface area contributed by atoms with Gasteiger partial charge in [-0.05, 0) is 54.3 Å². The van der Waals surface area contributed by atoms with E-state index >= 15 is 0 Å². The van der Waals surface area contributed by atoms with Crippen molar-refractivity contribution in [3.05, 3.63) is 69.7 Å². The van der Waals surface area contributed by atoms with Crippen LogP contribution in [0.1, 0.15) is 35.1 Å². The number of halogens is 4. The largest absolute Gasteiger partial charge is 0.496 e. The Balaban J connectivity index is 1.80. The molecule has 136 valence electrons. The molecule has 1 heterocycles. The van der Waals surface area contributed by atoms with E-state index in [2.05, 4.69) is 27.3 Å². The Hall–Kier alpha value is -1.95. The normalized spacial score (nSPS) is 24.0. The molecule has 3 atom stereocenters. The van der Waals surface area contributed by atoms with Gasteiger partial charge in [-0.15, -0.1) is 0 Å². The number of fused-ring (bicyclic) bond motifs is 3. The van der Waals surface area contributed by atoms with Crippen molar-refractivity contribution in [2.24, 2.45) is 5.92 Å². The number of anilines is 1. The average molecular weight is 424 g/mol. The number of alkyl halides is 3. The monoisotopic (exact) mass is 423 g/mol. The van der Waals surface area contributed by atoms with Gasteiger partial charge >= 0.3 is 6.18 Å². The van der Waals surface area contributed by atoms with Crippen LogP contribution in [0.3, 0.4) is 0 Å². The maximum atomic E-state index is 13.1. The molecule has 26 heavy (non-hydrogen) atoms.